The molecule has 0 bridgehead atoms. The summed E-state index contributed by atoms with van der Waals surface area (Å²) < 4.78 is 5.44. The number of halogens is 1. The fourth-order valence-corrected chi connectivity index (χ4v) is 3.30. The van der Waals surface area contributed by atoms with Crippen molar-refractivity contribution < 1.29 is 19.4 Å². The third kappa shape index (κ3) is 5.03. The van der Waals surface area contributed by atoms with Crippen LogP contribution in [0.15, 0.2) is 36.4 Å². The lowest BCUT2D eigenvalue weighted by molar-refractivity contribution is 0.142. The largest absolute Gasteiger partial charge is 0.495 e. The normalized spacial score (nSPS) is 13.8. The van der Waals surface area contributed by atoms with Gasteiger partial charge in [-0.05, 0) is 42.8 Å². The Morgan fingerprint density at radius 1 is 1.03 bits per heavy atom. The highest BCUT2D eigenvalue weighted by molar-refractivity contribution is 6.31. The molecule has 0 saturated carbocycles. The lowest BCUT2D eigenvalue weighted by Gasteiger charge is -2.35. The molecule has 0 spiro atoms. The summed E-state index contributed by atoms with van der Waals surface area (Å²) in [6.45, 7) is 3.79. The zero-order valence-corrected chi connectivity index (χ0v) is 17.0. The molecule has 1 aliphatic rings. The van der Waals surface area contributed by atoms with Gasteiger partial charge in [0, 0.05) is 42.6 Å². The van der Waals surface area contributed by atoms with Crippen LogP contribution in [0.5, 0.6) is 5.75 Å². The molecule has 0 radical (unpaired) electrons. The second kappa shape index (κ2) is 8.91. The number of carboxylic acid groups (broad SMARTS) is 1. The number of benzene rings is 2. The Morgan fingerprint density at radius 3 is 2.24 bits per heavy atom. The van der Waals surface area contributed by atoms with Crippen molar-refractivity contribution in [3.05, 3.63) is 47.0 Å². The average Bonchev–Trinajstić information content (AvgIpc) is 2.70. The van der Waals surface area contributed by atoms with Gasteiger partial charge in [0.15, 0.2) is 0 Å². The highest BCUT2D eigenvalue weighted by Crippen LogP contribution is 2.32. The van der Waals surface area contributed by atoms with Crippen LogP contribution in [-0.4, -0.2) is 55.4 Å². The number of aryl methyl sites for hydroxylation is 1. The van der Waals surface area contributed by atoms with Gasteiger partial charge in [0.05, 0.1) is 12.8 Å². The van der Waals surface area contributed by atoms with Crippen molar-refractivity contribution in [1.29, 1.82) is 0 Å². The molecule has 3 N–H and O–H groups in total. The minimum atomic E-state index is -0.917. The molecule has 2 aromatic rings. The average molecular weight is 419 g/mol. The van der Waals surface area contributed by atoms with Crippen molar-refractivity contribution >= 4 is 40.8 Å². The number of amides is 3. The first-order valence-electron chi connectivity index (χ1n) is 9.12. The molecule has 0 aromatic heterocycles. The monoisotopic (exact) mass is 418 g/mol. The lowest BCUT2D eigenvalue weighted by atomic mass is 10.2. The highest BCUT2D eigenvalue weighted by Gasteiger charge is 2.23. The summed E-state index contributed by atoms with van der Waals surface area (Å²) >= 11 is 6.10. The fourth-order valence-electron chi connectivity index (χ4n) is 3.12. The van der Waals surface area contributed by atoms with Gasteiger partial charge in [-0.25, -0.2) is 9.59 Å². The van der Waals surface area contributed by atoms with Gasteiger partial charge in [0.2, 0.25) is 0 Å². The molecule has 9 heteroatoms. The molecule has 1 saturated heterocycles. The summed E-state index contributed by atoms with van der Waals surface area (Å²) in [5.74, 6) is 0.657. The zero-order chi connectivity index (χ0) is 21.0. The Hall–Kier alpha value is -3.13. The molecule has 1 fully saturated rings. The van der Waals surface area contributed by atoms with E-state index in [4.69, 9.17) is 21.4 Å². The van der Waals surface area contributed by atoms with E-state index in [0.717, 1.165) is 11.3 Å². The second-order valence-electron chi connectivity index (χ2n) is 6.69. The predicted octanol–water partition coefficient (Wildman–Crippen LogP) is 4.10. The van der Waals surface area contributed by atoms with Gasteiger partial charge in [-0.2, -0.15) is 0 Å². The molecular formula is C20H23ClN4O4. The molecule has 3 amide bonds. The number of methoxy groups -OCH3 is 1. The first kappa shape index (κ1) is 20.6. The molecule has 1 heterocycles. The molecular weight excluding hydrogens is 396 g/mol. The molecule has 0 aliphatic carbocycles. The first-order chi connectivity index (χ1) is 13.9. The van der Waals surface area contributed by atoms with Crippen LogP contribution in [0, 0.1) is 6.92 Å². The maximum atomic E-state index is 12.4. The molecule has 29 heavy (non-hydrogen) atoms. The number of piperazine rings is 1. The van der Waals surface area contributed by atoms with Crippen molar-refractivity contribution in [2.24, 2.45) is 0 Å². The molecule has 0 atom stereocenters. The molecule has 154 valence electrons. The summed E-state index contributed by atoms with van der Waals surface area (Å²) in [5, 5.41) is 15.2. The topological polar surface area (TPSA) is 94.1 Å². The summed E-state index contributed by atoms with van der Waals surface area (Å²) in [6, 6.07) is 10.3. The van der Waals surface area contributed by atoms with E-state index in [1.54, 1.807) is 31.4 Å². The molecule has 3 rings (SSSR count). The highest BCUT2D eigenvalue weighted by atomic mass is 35.5. The number of hydrogen-bond donors (Lipinski definition) is 3. The van der Waals surface area contributed by atoms with Crippen LogP contribution in [0.3, 0.4) is 0 Å². The van der Waals surface area contributed by atoms with E-state index >= 15 is 0 Å². The van der Waals surface area contributed by atoms with Crippen molar-refractivity contribution in [3.8, 4) is 5.75 Å². The standard InChI is InChI=1S/C20H23ClN4O4/c1-13-3-4-14(11-16(13)21)22-19(26)23-15-5-6-18(29-2)17(12-15)24-7-9-25(10-8-24)20(27)28/h3-6,11-12H,7-10H2,1-2H3,(H,27,28)(H2,22,23,26). The number of urea groups is 1. The number of nitrogens with one attached hydrogen (secondary N) is 2. The van der Waals surface area contributed by atoms with Crippen LogP contribution >= 0.6 is 11.6 Å². The van der Waals surface area contributed by atoms with Gasteiger partial charge < -0.3 is 30.3 Å². The van der Waals surface area contributed by atoms with Crippen LogP contribution in [0.25, 0.3) is 0 Å². The van der Waals surface area contributed by atoms with E-state index in [2.05, 4.69) is 10.6 Å². The Labute approximate surface area is 174 Å². The third-order valence-corrected chi connectivity index (χ3v) is 5.16. The van der Waals surface area contributed by atoms with Crippen molar-refractivity contribution in [2.75, 3.05) is 48.8 Å². The van der Waals surface area contributed by atoms with Gasteiger partial charge in [0.1, 0.15) is 5.75 Å². The van der Waals surface area contributed by atoms with Gasteiger partial charge >= 0.3 is 12.1 Å². The van der Waals surface area contributed by atoms with Crippen LogP contribution in [0.1, 0.15) is 5.56 Å². The molecule has 0 unspecified atom stereocenters. The number of hydrogen-bond acceptors (Lipinski definition) is 4. The first-order valence-corrected chi connectivity index (χ1v) is 9.50. The predicted molar refractivity (Wildman–Crippen MR) is 114 cm³/mol. The number of carbonyl (C=O) groups is 2. The van der Waals surface area contributed by atoms with Crippen LogP contribution in [-0.2, 0) is 0 Å². The SMILES string of the molecule is COc1ccc(NC(=O)Nc2ccc(C)c(Cl)c2)cc1N1CCN(C(=O)O)CC1. The molecule has 2 aromatic carbocycles. The fraction of sp³-hybridized carbons (Fsp3) is 0.300. The smallest absolute Gasteiger partial charge is 0.407 e. The number of anilines is 3. The second-order valence-corrected chi connectivity index (χ2v) is 7.09. The van der Waals surface area contributed by atoms with Crippen molar-refractivity contribution in [2.45, 2.75) is 6.92 Å². The van der Waals surface area contributed by atoms with Gasteiger partial charge in [0.25, 0.3) is 0 Å². The van der Waals surface area contributed by atoms with Crippen molar-refractivity contribution in [3.63, 3.8) is 0 Å². The number of rotatable bonds is 4. The number of nitrogens with zero attached hydrogens (tertiary/aromatic N) is 2. The van der Waals surface area contributed by atoms with Crippen LogP contribution < -0.4 is 20.3 Å². The Bertz CT molecular complexity index is 913. The van der Waals surface area contributed by atoms with Crippen LogP contribution in [0.4, 0.5) is 26.7 Å². The Balaban J connectivity index is 1.70. The molecule has 1 aliphatic heterocycles. The Morgan fingerprint density at radius 2 is 1.66 bits per heavy atom. The van der Waals surface area contributed by atoms with Crippen molar-refractivity contribution in [1.82, 2.24) is 4.90 Å². The minimum absolute atomic E-state index is 0.392. The molecule has 8 nitrogen and oxygen atoms in total. The summed E-state index contributed by atoms with van der Waals surface area (Å²) in [5.41, 5.74) is 2.92. The zero-order valence-electron chi connectivity index (χ0n) is 16.2. The lowest BCUT2D eigenvalue weighted by Crippen LogP contribution is -2.48. The van der Waals surface area contributed by atoms with E-state index in [0.29, 0.717) is 48.3 Å². The van der Waals surface area contributed by atoms with Gasteiger partial charge in [-0.3, -0.25) is 0 Å². The maximum Gasteiger partial charge on any atom is 0.407 e. The quantitative estimate of drug-likeness (QED) is 0.694. The van der Waals surface area contributed by atoms with E-state index in [-0.39, 0.29) is 0 Å². The van der Waals surface area contributed by atoms with Gasteiger partial charge in [-0.15, -0.1) is 0 Å². The number of carbonyl (C=O) groups excluding carboxylic acids is 1. The van der Waals surface area contributed by atoms with E-state index in [1.807, 2.05) is 24.0 Å². The van der Waals surface area contributed by atoms with Gasteiger partial charge in [-0.1, -0.05) is 17.7 Å². The summed E-state index contributed by atoms with van der Waals surface area (Å²) in [4.78, 5) is 26.9. The third-order valence-electron chi connectivity index (χ3n) is 4.76. The maximum absolute atomic E-state index is 12.4. The number of ether oxygens (including phenoxy) is 1. The van der Waals surface area contributed by atoms with E-state index < -0.39 is 12.1 Å². The van der Waals surface area contributed by atoms with E-state index in [1.165, 1.54) is 4.90 Å². The Kier molecular flexibility index (Phi) is 6.33. The summed E-state index contributed by atoms with van der Waals surface area (Å²) in [7, 11) is 1.58. The van der Waals surface area contributed by atoms with Crippen LogP contribution in [0.2, 0.25) is 5.02 Å². The van der Waals surface area contributed by atoms with E-state index in [9.17, 15) is 9.59 Å². The minimum Gasteiger partial charge on any atom is -0.495 e. The summed E-state index contributed by atoms with van der Waals surface area (Å²) in [6.07, 6.45) is -0.917.